The second-order valence-electron chi connectivity index (χ2n) is 7.35. The molecule has 0 spiro atoms. The number of nitrogens with zero attached hydrogens (tertiary/aromatic N) is 2. The number of benzene rings is 3. The Morgan fingerprint density at radius 1 is 1.03 bits per heavy atom. The summed E-state index contributed by atoms with van der Waals surface area (Å²) in [5.74, 6) is -0.224. The molecule has 0 saturated heterocycles. The van der Waals surface area contributed by atoms with Crippen molar-refractivity contribution in [3.8, 4) is 5.75 Å². The van der Waals surface area contributed by atoms with Gasteiger partial charge in [0, 0.05) is 12.1 Å². The van der Waals surface area contributed by atoms with Crippen LogP contribution in [-0.4, -0.2) is 32.9 Å². The molecule has 1 N–H and O–H groups in total. The fourth-order valence-electron chi connectivity index (χ4n) is 3.15. The van der Waals surface area contributed by atoms with E-state index in [4.69, 9.17) is 4.74 Å². The molecule has 0 saturated carbocycles. The highest BCUT2D eigenvalue weighted by atomic mass is 32.2. The molecular weight excluding hydrogens is 446 g/mol. The number of methoxy groups -OCH3 is 1. The summed E-state index contributed by atoms with van der Waals surface area (Å²) in [7, 11) is -2.75. The van der Waals surface area contributed by atoms with Gasteiger partial charge in [0.15, 0.2) is 0 Å². The number of nitro groups is 1. The summed E-state index contributed by atoms with van der Waals surface area (Å²) in [5.41, 5.74) is 1.82. The smallest absolute Gasteiger partial charge is 0.271 e. The standard InChI is InChI=1S/C23H23N3O6S/c1-16-7-10-20(11-8-16)33(30,31)25(18-5-4-6-19(14-18)26(28)29)15-23(27)24-21-13-17(2)9-12-22(21)32-3/h4-14H,15H2,1-3H3,(H,24,27). The van der Waals surface area contributed by atoms with Crippen LogP contribution in [0.3, 0.4) is 0 Å². The third-order valence-corrected chi connectivity index (χ3v) is 6.64. The van der Waals surface area contributed by atoms with E-state index < -0.39 is 27.4 Å². The van der Waals surface area contributed by atoms with E-state index >= 15 is 0 Å². The van der Waals surface area contributed by atoms with E-state index in [2.05, 4.69) is 5.32 Å². The van der Waals surface area contributed by atoms with Gasteiger partial charge in [-0.15, -0.1) is 0 Å². The molecule has 0 unspecified atom stereocenters. The molecule has 0 heterocycles. The van der Waals surface area contributed by atoms with Crippen molar-refractivity contribution in [1.29, 1.82) is 0 Å². The predicted octanol–water partition coefficient (Wildman–Crippen LogP) is 4.05. The Balaban J connectivity index is 2.01. The lowest BCUT2D eigenvalue weighted by Gasteiger charge is -2.24. The van der Waals surface area contributed by atoms with Crippen LogP contribution < -0.4 is 14.4 Å². The van der Waals surface area contributed by atoms with Crippen molar-refractivity contribution in [2.45, 2.75) is 18.7 Å². The molecule has 0 aliphatic rings. The molecule has 0 fully saturated rings. The summed E-state index contributed by atoms with van der Waals surface area (Å²) in [6.07, 6.45) is 0. The molecule has 9 nitrogen and oxygen atoms in total. The Hall–Kier alpha value is -3.92. The molecule has 0 aliphatic carbocycles. The number of sulfonamides is 1. The molecule has 0 aromatic heterocycles. The van der Waals surface area contributed by atoms with Gasteiger partial charge in [-0.3, -0.25) is 19.2 Å². The van der Waals surface area contributed by atoms with Gasteiger partial charge in [-0.25, -0.2) is 8.42 Å². The molecule has 0 atom stereocenters. The minimum Gasteiger partial charge on any atom is -0.495 e. The molecule has 0 aliphatic heterocycles. The highest BCUT2D eigenvalue weighted by molar-refractivity contribution is 7.92. The van der Waals surface area contributed by atoms with E-state index in [-0.39, 0.29) is 16.3 Å². The van der Waals surface area contributed by atoms with Crippen LogP contribution in [0.4, 0.5) is 17.1 Å². The second-order valence-corrected chi connectivity index (χ2v) is 9.22. The fraction of sp³-hybridized carbons (Fsp3) is 0.174. The zero-order chi connectivity index (χ0) is 24.2. The summed E-state index contributed by atoms with van der Waals surface area (Å²) in [5, 5.41) is 13.9. The van der Waals surface area contributed by atoms with E-state index in [1.165, 1.54) is 37.4 Å². The van der Waals surface area contributed by atoms with Crippen molar-refractivity contribution in [3.05, 3.63) is 88.0 Å². The van der Waals surface area contributed by atoms with Crippen LogP contribution in [0.1, 0.15) is 11.1 Å². The molecule has 0 radical (unpaired) electrons. The van der Waals surface area contributed by atoms with Gasteiger partial charge in [-0.2, -0.15) is 0 Å². The summed E-state index contributed by atoms with van der Waals surface area (Å²) in [4.78, 5) is 23.5. The molecule has 3 aromatic rings. The number of nitrogens with one attached hydrogen (secondary N) is 1. The lowest BCUT2D eigenvalue weighted by atomic mass is 10.2. The average Bonchev–Trinajstić information content (AvgIpc) is 2.78. The van der Waals surface area contributed by atoms with Gasteiger partial charge in [0.1, 0.15) is 12.3 Å². The third-order valence-electron chi connectivity index (χ3n) is 4.85. The van der Waals surface area contributed by atoms with Crippen LogP contribution in [0.5, 0.6) is 5.75 Å². The van der Waals surface area contributed by atoms with Crippen LogP contribution >= 0.6 is 0 Å². The molecule has 0 bridgehead atoms. The lowest BCUT2D eigenvalue weighted by molar-refractivity contribution is -0.384. The van der Waals surface area contributed by atoms with Crippen molar-refractivity contribution in [2.75, 3.05) is 23.3 Å². The first-order valence-corrected chi connectivity index (χ1v) is 11.3. The predicted molar refractivity (Wildman–Crippen MR) is 125 cm³/mol. The van der Waals surface area contributed by atoms with E-state index in [1.54, 1.807) is 24.3 Å². The van der Waals surface area contributed by atoms with E-state index in [0.29, 0.717) is 11.4 Å². The number of anilines is 2. The maximum atomic E-state index is 13.4. The van der Waals surface area contributed by atoms with Crippen molar-refractivity contribution in [2.24, 2.45) is 0 Å². The van der Waals surface area contributed by atoms with Gasteiger partial charge in [0.25, 0.3) is 15.7 Å². The number of amides is 1. The fourth-order valence-corrected chi connectivity index (χ4v) is 4.57. The Morgan fingerprint density at radius 3 is 2.33 bits per heavy atom. The van der Waals surface area contributed by atoms with Gasteiger partial charge in [-0.05, 0) is 49.7 Å². The molecule has 3 aromatic carbocycles. The maximum absolute atomic E-state index is 13.4. The molecule has 10 heteroatoms. The number of nitro benzene ring substituents is 1. The van der Waals surface area contributed by atoms with Crippen molar-refractivity contribution < 1.29 is 22.9 Å². The van der Waals surface area contributed by atoms with Gasteiger partial charge < -0.3 is 10.1 Å². The van der Waals surface area contributed by atoms with Crippen molar-refractivity contribution in [1.82, 2.24) is 0 Å². The zero-order valence-electron chi connectivity index (χ0n) is 18.3. The Kier molecular flexibility index (Phi) is 6.98. The largest absolute Gasteiger partial charge is 0.495 e. The average molecular weight is 470 g/mol. The van der Waals surface area contributed by atoms with Crippen molar-refractivity contribution in [3.63, 3.8) is 0 Å². The van der Waals surface area contributed by atoms with Crippen LogP contribution in [0.2, 0.25) is 0 Å². The first-order valence-electron chi connectivity index (χ1n) is 9.90. The Bertz CT molecular complexity index is 1290. The van der Waals surface area contributed by atoms with Crippen LogP contribution in [0, 0.1) is 24.0 Å². The summed E-state index contributed by atoms with van der Waals surface area (Å²) in [6.45, 7) is 3.05. The van der Waals surface area contributed by atoms with Gasteiger partial charge in [0.05, 0.1) is 28.3 Å². The monoisotopic (exact) mass is 469 g/mol. The SMILES string of the molecule is COc1ccc(C)cc1NC(=O)CN(c1cccc([N+](=O)[O-])c1)S(=O)(=O)c1ccc(C)cc1. The van der Waals surface area contributed by atoms with Crippen molar-refractivity contribution >= 4 is 33.0 Å². The number of carbonyl (C=O) groups excluding carboxylic acids is 1. The normalized spacial score (nSPS) is 11.0. The van der Waals surface area contributed by atoms with Gasteiger partial charge >= 0.3 is 0 Å². The minimum absolute atomic E-state index is 0.00358. The Morgan fingerprint density at radius 2 is 1.70 bits per heavy atom. The minimum atomic E-state index is -4.21. The van der Waals surface area contributed by atoms with E-state index in [1.807, 2.05) is 19.9 Å². The first kappa shape index (κ1) is 23.7. The number of hydrogen-bond acceptors (Lipinski definition) is 6. The molecular formula is C23H23N3O6S. The number of hydrogen-bond donors (Lipinski definition) is 1. The second kappa shape index (κ2) is 9.70. The summed E-state index contributed by atoms with van der Waals surface area (Å²) < 4.78 is 33.0. The van der Waals surface area contributed by atoms with Crippen LogP contribution in [0.15, 0.2) is 71.6 Å². The molecule has 3 rings (SSSR count). The molecule has 172 valence electrons. The van der Waals surface area contributed by atoms with Crippen LogP contribution in [-0.2, 0) is 14.8 Å². The summed E-state index contributed by atoms with van der Waals surface area (Å²) in [6, 6.07) is 16.5. The highest BCUT2D eigenvalue weighted by Gasteiger charge is 2.28. The third kappa shape index (κ3) is 5.47. The van der Waals surface area contributed by atoms with E-state index in [9.17, 15) is 23.3 Å². The number of carbonyl (C=O) groups is 1. The van der Waals surface area contributed by atoms with Crippen LogP contribution in [0.25, 0.3) is 0 Å². The quantitative estimate of drug-likeness (QED) is 0.393. The number of aryl methyl sites for hydroxylation is 2. The maximum Gasteiger partial charge on any atom is 0.271 e. The molecule has 33 heavy (non-hydrogen) atoms. The number of ether oxygens (including phenoxy) is 1. The Labute approximate surface area is 191 Å². The van der Waals surface area contributed by atoms with Gasteiger partial charge in [-0.1, -0.05) is 29.8 Å². The highest BCUT2D eigenvalue weighted by Crippen LogP contribution is 2.28. The zero-order valence-corrected chi connectivity index (χ0v) is 19.1. The number of rotatable bonds is 8. The first-order chi connectivity index (χ1) is 15.6. The lowest BCUT2D eigenvalue weighted by Crippen LogP contribution is -2.38. The molecule has 1 amide bonds. The number of non-ortho nitro benzene ring substituents is 1. The van der Waals surface area contributed by atoms with E-state index in [0.717, 1.165) is 21.5 Å². The topological polar surface area (TPSA) is 119 Å². The van der Waals surface area contributed by atoms with Gasteiger partial charge in [0.2, 0.25) is 5.91 Å². The summed E-state index contributed by atoms with van der Waals surface area (Å²) >= 11 is 0.